The molecule has 8 heteroatoms. The first kappa shape index (κ1) is 17.8. The fourth-order valence-electron chi connectivity index (χ4n) is 2.57. The number of rotatable bonds is 3. The van der Waals surface area contributed by atoms with E-state index in [1.165, 1.54) is 10.7 Å². The van der Waals surface area contributed by atoms with Crippen molar-refractivity contribution >= 4 is 28.7 Å². The van der Waals surface area contributed by atoms with Crippen LogP contribution in [0.3, 0.4) is 0 Å². The van der Waals surface area contributed by atoms with Gasteiger partial charge in [-0.25, -0.2) is 13.5 Å². The molecule has 1 heterocycles. The normalized spacial score (nSPS) is 10.6. The van der Waals surface area contributed by atoms with E-state index < -0.39 is 11.6 Å². The summed E-state index contributed by atoms with van der Waals surface area (Å²) in [6.07, 6.45) is 0. The molecule has 0 fully saturated rings. The van der Waals surface area contributed by atoms with E-state index in [-0.39, 0.29) is 22.0 Å². The lowest BCUT2D eigenvalue weighted by molar-refractivity contribution is 0.586. The molecule has 2 N–H and O–H groups in total. The number of nitrogens with zero attached hydrogens (tertiary/aromatic N) is 2. The third kappa shape index (κ3) is 3.36. The van der Waals surface area contributed by atoms with Crippen LogP contribution in [-0.4, -0.2) is 14.5 Å². The zero-order chi connectivity index (χ0) is 18.8. The van der Waals surface area contributed by atoms with Crippen LogP contribution >= 0.6 is 12.2 Å². The van der Waals surface area contributed by atoms with Gasteiger partial charge in [0.05, 0.1) is 17.1 Å². The summed E-state index contributed by atoms with van der Waals surface area (Å²) < 4.78 is 29.9. The number of anilines is 2. The SMILES string of the molecule is Cc1c(NC(=S)Nc2ccc(F)cc2F)c(=O)n(-c2ccccc2)n1C. The fourth-order valence-corrected chi connectivity index (χ4v) is 2.78. The minimum Gasteiger partial charge on any atom is -0.330 e. The molecule has 3 aromatic rings. The van der Waals surface area contributed by atoms with Crippen molar-refractivity contribution in [2.75, 3.05) is 10.6 Å². The third-order valence-electron chi connectivity index (χ3n) is 3.97. The van der Waals surface area contributed by atoms with E-state index in [1.807, 2.05) is 30.3 Å². The Morgan fingerprint density at radius 3 is 2.42 bits per heavy atom. The van der Waals surface area contributed by atoms with Crippen molar-refractivity contribution in [3.05, 3.63) is 76.2 Å². The van der Waals surface area contributed by atoms with E-state index in [4.69, 9.17) is 12.2 Å². The maximum absolute atomic E-state index is 13.7. The van der Waals surface area contributed by atoms with Gasteiger partial charge in [0.2, 0.25) is 0 Å². The quantitative estimate of drug-likeness (QED) is 0.688. The van der Waals surface area contributed by atoms with Gasteiger partial charge in [-0.15, -0.1) is 0 Å². The van der Waals surface area contributed by atoms with Crippen LogP contribution in [-0.2, 0) is 7.05 Å². The molecule has 3 rings (SSSR count). The zero-order valence-corrected chi connectivity index (χ0v) is 14.9. The van der Waals surface area contributed by atoms with Gasteiger partial charge in [0.15, 0.2) is 5.11 Å². The van der Waals surface area contributed by atoms with E-state index in [9.17, 15) is 13.6 Å². The number of hydrogen-bond acceptors (Lipinski definition) is 2. The van der Waals surface area contributed by atoms with Gasteiger partial charge in [-0.05, 0) is 43.4 Å². The Bertz CT molecular complexity index is 1030. The van der Waals surface area contributed by atoms with Gasteiger partial charge in [-0.3, -0.25) is 9.48 Å². The number of aromatic nitrogens is 2. The van der Waals surface area contributed by atoms with Crippen molar-refractivity contribution in [3.63, 3.8) is 0 Å². The molecule has 0 radical (unpaired) electrons. The molecule has 0 bridgehead atoms. The van der Waals surface area contributed by atoms with Crippen LogP contribution in [0.1, 0.15) is 5.69 Å². The van der Waals surface area contributed by atoms with Crippen molar-refractivity contribution in [2.45, 2.75) is 6.92 Å². The van der Waals surface area contributed by atoms with Gasteiger partial charge in [-0.1, -0.05) is 18.2 Å². The molecular weight excluding hydrogens is 358 g/mol. The molecule has 26 heavy (non-hydrogen) atoms. The Balaban J connectivity index is 1.88. The Morgan fingerprint density at radius 2 is 1.77 bits per heavy atom. The van der Waals surface area contributed by atoms with Crippen molar-refractivity contribution in [1.82, 2.24) is 9.36 Å². The van der Waals surface area contributed by atoms with Gasteiger partial charge >= 0.3 is 0 Å². The molecule has 0 saturated heterocycles. The van der Waals surface area contributed by atoms with Crippen molar-refractivity contribution < 1.29 is 8.78 Å². The van der Waals surface area contributed by atoms with Gasteiger partial charge in [0.25, 0.3) is 5.56 Å². The summed E-state index contributed by atoms with van der Waals surface area (Å²) in [5, 5.41) is 5.46. The predicted molar refractivity (Wildman–Crippen MR) is 102 cm³/mol. The van der Waals surface area contributed by atoms with E-state index in [0.717, 1.165) is 12.1 Å². The standard InChI is InChI=1S/C18H16F2N4OS/c1-11-16(17(25)24(23(11)2)13-6-4-3-5-7-13)22-18(26)21-15-9-8-12(19)10-14(15)20/h3-10H,1-2H3,(H2,21,22,26). The zero-order valence-electron chi connectivity index (χ0n) is 14.1. The third-order valence-corrected chi connectivity index (χ3v) is 4.18. The molecule has 0 aliphatic rings. The molecule has 0 amide bonds. The molecule has 2 aromatic carbocycles. The maximum Gasteiger partial charge on any atom is 0.295 e. The number of hydrogen-bond donors (Lipinski definition) is 2. The van der Waals surface area contributed by atoms with Gasteiger partial charge in [0, 0.05) is 13.1 Å². The molecule has 5 nitrogen and oxygen atoms in total. The van der Waals surface area contributed by atoms with Gasteiger partial charge < -0.3 is 10.6 Å². The van der Waals surface area contributed by atoms with Crippen LogP contribution in [0.25, 0.3) is 5.69 Å². The van der Waals surface area contributed by atoms with Crippen LogP contribution < -0.4 is 16.2 Å². The average Bonchev–Trinajstić information content (AvgIpc) is 2.82. The summed E-state index contributed by atoms with van der Waals surface area (Å²) in [6, 6.07) is 12.3. The number of halogens is 2. The highest BCUT2D eigenvalue weighted by atomic mass is 32.1. The summed E-state index contributed by atoms with van der Waals surface area (Å²) in [4.78, 5) is 12.8. The summed E-state index contributed by atoms with van der Waals surface area (Å²) in [7, 11) is 1.75. The van der Waals surface area contributed by atoms with Crippen LogP contribution in [0.2, 0.25) is 0 Å². The van der Waals surface area contributed by atoms with Gasteiger partial charge in [0.1, 0.15) is 17.3 Å². The topological polar surface area (TPSA) is 51.0 Å². The lowest BCUT2D eigenvalue weighted by atomic mass is 10.3. The molecule has 1 aromatic heterocycles. The van der Waals surface area contributed by atoms with Crippen LogP contribution in [0.4, 0.5) is 20.2 Å². The monoisotopic (exact) mass is 374 g/mol. The van der Waals surface area contributed by atoms with Crippen LogP contribution in [0.15, 0.2) is 53.3 Å². The van der Waals surface area contributed by atoms with E-state index in [0.29, 0.717) is 11.4 Å². The predicted octanol–water partition coefficient (Wildman–Crippen LogP) is 3.57. The van der Waals surface area contributed by atoms with E-state index in [2.05, 4.69) is 10.6 Å². The van der Waals surface area contributed by atoms with Crippen molar-refractivity contribution in [3.8, 4) is 5.69 Å². The summed E-state index contributed by atoms with van der Waals surface area (Å²) >= 11 is 5.16. The first-order valence-electron chi connectivity index (χ1n) is 7.75. The molecule has 134 valence electrons. The summed E-state index contributed by atoms with van der Waals surface area (Å²) in [6.45, 7) is 1.77. The van der Waals surface area contributed by atoms with Crippen molar-refractivity contribution in [2.24, 2.45) is 7.05 Å². The van der Waals surface area contributed by atoms with E-state index in [1.54, 1.807) is 18.7 Å². The molecule has 0 aliphatic heterocycles. The maximum atomic E-state index is 13.7. The molecule has 0 aliphatic carbocycles. The smallest absolute Gasteiger partial charge is 0.295 e. The highest BCUT2D eigenvalue weighted by molar-refractivity contribution is 7.80. The molecule has 0 atom stereocenters. The Morgan fingerprint density at radius 1 is 1.08 bits per heavy atom. The Hall–Kier alpha value is -3.00. The second-order valence-electron chi connectivity index (χ2n) is 5.64. The number of thiocarbonyl (C=S) groups is 1. The number of nitrogens with one attached hydrogen (secondary N) is 2. The molecule has 0 saturated carbocycles. The Labute approximate surface area is 153 Å². The van der Waals surface area contributed by atoms with Crippen LogP contribution in [0.5, 0.6) is 0 Å². The van der Waals surface area contributed by atoms with E-state index >= 15 is 0 Å². The second kappa shape index (κ2) is 7.09. The molecular formula is C18H16F2N4OS. The lowest BCUT2D eigenvalue weighted by Gasteiger charge is -2.10. The first-order valence-corrected chi connectivity index (χ1v) is 8.16. The Kier molecular flexibility index (Phi) is 4.85. The number of benzene rings is 2. The highest BCUT2D eigenvalue weighted by Crippen LogP contribution is 2.17. The average molecular weight is 374 g/mol. The van der Waals surface area contributed by atoms with Gasteiger partial charge in [-0.2, -0.15) is 0 Å². The minimum atomic E-state index is -0.777. The van der Waals surface area contributed by atoms with Crippen molar-refractivity contribution in [1.29, 1.82) is 0 Å². The molecule has 0 unspecified atom stereocenters. The summed E-state index contributed by atoms with van der Waals surface area (Å²) in [5.41, 5.74) is 1.36. The highest BCUT2D eigenvalue weighted by Gasteiger charge is 2.17. The lowest BCUT2D eigenvalue weighted by Crippen LogP contribution is -2.25. The first-order chi connectivity index (χ1) is 12.4. The van der Waals surface area contributed by atoms with Crippen LogP contribution in [0, 0.1) is 18.6 Å². The fraction of sp³-hybridized carbons (Fsp3) is 0.111. The summed E-state index contributed by atoms with van der Waals surface area (Å²) in [5.74, 6) is -1.46. The number of para-hydroxylation sites is 1. The molecule has 0 spiro atoms. The second-order valence-corrected chi connectivity index (χ2v) is 6.05. The minimum absolute atomic E-state index is 0.0147. The largest absolute Gasteiger partial charge is 0.330 e.